The number of hydrogen-bond acceptors (Lipinski definition) is 5. The van der Waals surface area contributed by atoms with Crippen LogP contribution >= 0.6 is 0 Å². The van der Waals surface area contributed by atoms with Crippen molar-refractivity contribution in [1.29, 1.82) is 0 Å². The molecular formula is C17H16N2O5. The summed E-state index contributed by atoms with van der Waals surface area (Å²) >= 11 is 0. The fourth-order valence-corrected chi connectivity index (χ4v) is 2.02. The van der Waals surface area contributed by atoms with Crippen molar-refractivity contribution in [2.75, 3.05) is 0 Å². The van der Waals surface area contributed by atoms with Gasteiger partial charge in [-0.1, -0.05) is 30.3 Å². The van der Waals surface area contributed by atoms with E-state index in [1.54, 1.807) is 0 Å². The summed E-state index contributed by atoms with van der Waals surface area (Å²) in [6, 6.07) is 13.1. The highest BCUT2D eigenvalue weighted by molar-refractivity contribution is 5.81. The Labute approximate surface area is 138 Å². The van der Waals surface area contributed by atoms with E-state index >= 15 is 0 Å². The summed E-state index contributed by atoms with van der Waals surface area (Å²) in [6.07, 6.45) is -0.415. The molecule has 2 aromatic rings. The Morgan fingerprint density at radius 1 is 1.29 bits per heavy atom. The van der Waals surface area contributed by atoms with Crippen molar-refractivity contribution in [2.24, 2.45) is 0 Å². The van der Waals surface area contributed by atoms with Crippen LogP contribution in [0.15, 0.2) is 48.5 Å². The van der Waals surface area contributed by atoms with Crippen LogP contribution in [0.4, 0.5) is 5.69 Å². The number of ether oxygens (including phenoxy) is 1. The number of hydrogen-bond donors (Lipinski definition) is 1. The summed E-state index contributed by atoms with van der Waals surface area (Å²) in [7, 11) is 0. The van der Waals surface area contributed by atoms with Crippen molar-refractivity contribution in [1.82, 2.24) is 5.32 Å². The lowest BCUT2D eigenvalue weighted by atomic mass is 10.2. The van der Waals surface area contributed by atoms with Gasteiger partial charge in [0.15, 0.2) is 11.9 Å². The number of nitro groups is 1. The summed E-state index contributed by atoms with van der Waals surface area (Å²) in [5.74, 6) is -0.458. The third-order valence-corrected chi connectivity index (χ3v) is 3.30. The number of amides is 1. The van der Waals surface area contributed by atoms with Gasteiger partial charge in [-0.15, -0.1) is 0 Å². The zero-order valence-electron chi connectivity index (χ0n) is 13.0. The Bertz CT molecular complexity index is 746. The van der Waals surface area contributed by atoms with Crippen LogP contribution in [0.3, 0.4) is 0 Å². The first-order chi connectivity index (χ1) is 11.5. The van der Waals surface area contributed by atoms with Gasteiger partial charge in [0.25, 0.3) is 5.91 Å². The average molecular weight is 328 g/mol. The quantitative estimate of drug-likeness (QED) is 0.478. The molecule has 7 heteroatoms. The van der Waals surface area contributed by atoms with E-state index in [-0.39, 0.29) is 17.0 Å². The summed E-state index contributed by atoms with van der Waals surface area (Å²) in [6.45, 7) is 1.83. The van der Waals surface area contributed by atoms with Crippen molar-refractivity contribution in [3.8, 4) is 5.75 Å². The lowest BCUT2D eigenvalue weighted by Crippen LogP contribution is -2.36. The molecular weight excluding hydrogens is 312 g/mol. The van der Waals surface area contributed by atoms with E-state index in [0.717, 1.165) is 11.6 Å². The SMILES string of the molecule is C[C@@H](Oc1ccc(C=O)cc1[N+](=O)[O-])C(=O)NCc1ccccc1. The first-order valence-corrected chi connectivity index (χ1v) is 7.23. The smallest absolute Gasteiger partial charge is 0.311 e. The number of nitrogens with one attached hydrogen (secondary N) is 1. The molecule has 0 aliphatic carbocycles. The van der Waals surface area contributed by atoms with E-state index in [1.165, 1.54) is 19.1 Å². The Morgan fingerprint density at radius 3 is 2.62 bits per heavy atom. The fraction of sp³-hybridized carbons (Fsp3) is 0.176. The van der Waals surface area contributed by atoms with Crippen LogP contribution in [0.2, 0.25) is 0 Å². The van der Waals surface area contributed by atoms with Gasteiger partial charge in [0.05, 0.1) is 4.92 Å². The van der Waals surface area contributed by atoms with E-state index < -0.39 is 16.9 Å². The van der Waals surface area contributed by atoms with E-state index in [4.69, 9.17) is 4.74 Å². The monoisotopic (exact) mass is 328 g/mol. The molecule has 2 aromatic carbocycles. The van der Waals surface area contributed by atoms with Gasteiger partial charge in [-0.2, -0.15) is 0 Å². The van der Waals surface area contributed by atoms with E-state index in [1.807, 2.05) is 30.3 Å². The summed E-state index contributed by atoms with van der Waals surface area (Å²) in [5, 5.41) is 13.8. The van der Waals surface area contributed by atoms with Crippen molar-refractivity contribution in [3.63, 3.8) is 0 Å². The molecule has 0 aliphatic rings. The van der Waals surface area contributed by atoms with Gasteiger partial charge < -0.3 is 10.1 Å². The normalized spacial score (nSPS) is 11.4. The molecule has 0 bridgehead atoms. The first kappa shape index (κ1) is 17.1. The summed E-state index contributed by atoms with van der Waals surface area (Å²) in [4.78, 5) is 33.2. The molecule has 2 rings (SSSR count). The summed E-state index contributed by atoms with van der Waals surface area (Å²) < 4.78 is 5.39. The first-order valence-electron chi connectivity index (χ1n) is 7.23. The van der Waals surface area contributed by atoms with Crippen LogP contribution < -0.4 is 10.1 Å². The van der Waals surface area contributed by atoms with Crippen LogP contribution in [0, 0.1) is 10.1 Å². The lowest BCUT2D eigenvalue weighted by Gasteiger charge is -2.15. The molecule has 0 unspecified atom stereocenters. The number of benzene rings is 2. The van der Waals surface area contributed by atoms with Crippen LogP contribution in [0.25, 0.3) is 0 Å². The van der Waals surface area contributed by atoms with Crippen molar-refractivity contribution >= 4 is 17.9 Å². The molecule has 7 nitrogen and oxygen atoms in total. The minimum Gasteiger partial charge on any atom is -0.474 e. The summed E-state index contributed by atoms with van der Waals surface area (Å²) in [5.41, 5.74) is 0.733. The van der Waals surface area contributed by atoms with E-state index in [2.05, 4.69) is 5.32 Å². The van der Waals surface area contributed by atoms with Crippen LogP contribution in [0.5, 0.6) is 5.75 Å². The zero-order valence-corrected chi connectivity index (χ0v) is 13.0. The number of carbonyl (C=O) groups excluding carboxylic acids is 2. The molecule has 1 N–H and O–H groups in total. The Kier molecular flexibility index (Phi) is 5.62. The highest BCUT2D eigenvalue weighted by Crippen LogP contribution is 2.28. The minimum atomic E-state index is -0.922. The molecule has 0 radical (unpaired) electrons. The fourth-order valence-electron chi connectivity index (χ4n) is 2.02. The highest BCUT2D eigenvalue weighted by Gasteiger charge is 2.21. The van der Waals surface area contributed by atoms with Crippen LogP contribution in [-0.4, -0.2) is 23.2 Å². The number of nitrogens with zero attached hydrogens (tertiary/aromatic N) is 1. The Balaban J connectivity index is 2.03. The molecule has 0 aromatic heterocycles. The Hall–Kier alpha value is -3.22. The molecule has 1 amide bonds. The van der Waals surface area contributed by atoms with Crippen molar-refractivity contribution in [2.45, 2.75) is 19.6 Å². The largest absolute Gasteiger partial charge is 0.474 e. The van der Waals surface area contributed by atoms with Gasteiger partial charge in [0.2, 0.25) is 0 Å². The predicted octanol–water partition coefficient (Wildman–Crippen LogP) is 2.49. The van der Waals surface area contributed by atoms with Gasteiger partial charge in [-0.3, -0.25) is 19.7 Å². The van der Waals surface area contributed by atoms with E-state index in [0.29, 0.717) is 12.8 Å². The number of aldehydes is 1. The topological polar surface area (TPSA) is 98.5 Å². The maximum Gasteiger partial charge on any atom is 0.311 e. The highest BCUT2D eigenvalue weighted by atomic mass is 16.6. The molecule has 24 heavy (non-hydrogen) atoms. The van der Waals surface area contributed by atoms with Crippen molar-refractivity contribution in [3.05, 3.63) is 69.8 Å². The maximum atomic E-state index is 12.1. The second-order valence-electron chi connectivity index (χ2n) is 5.07. The van der Waals surface area contributed by atoms with Gasteiger partial charge >= 0.3 is 5.69 Å². The average Bonchev–Trinajstić information content (AvgIpc) is 2.60. The van der Waals surface area contributed by atoms with Gasteiger partial charge in [-0.05, 0) is 24.6 Å². The number of rotatable bonds is 7. The molecule has 0 fully saturated rings. The maximum absolute atomic E-state index is 12.1. The molecule has 0 aliphatic heterocycles. The van der Waals surface area contributed by atoms with E-state index in [9.17, 15) is 19.7 Å². The zero-order chi connectivity index (χ0) is 17.5. The Morgan fingerprint density at radius 2 is 2.00 bits per heavy atom. The van der Waals surface area contributed by atoms with Gasteiger partial charge in [-0.25, -0.2) is 0 Å². The molecule has 0 heterocycles. The van der Waals surface area contributed by atoms with Gasteiger partial charge in [0, 0.05) is 18.2 Å². The molecule has 0 saturated heterocycles. The molecule has 0 spiro atoms. The molecule has 0 saturated carbocycles. The minimum absolute atomic E-state index is 0.0621. The number of carbonyl (C=O) groups is 2. The predicted molar refractivity (Wildman–Crippen MR) is 86.9 cm³/mol. The van der Waals surface area contributed by atoms with Crippen LogP contribution in [0.1, 0.15) is 22.8 Å². The third-order valence-electron chi connectivity index (χ3n) is 3.30. The second kappa shape index (κ2) is 7.87. The standard InChI is InChI=1S/C17H16N2O5/c1-12(17(21)18-10-13-5-3-2-4-6-13)24-16-8-7-14(11-20)9-15(16)19(22)23/h2-9,11-12H,10H2,1H3,(H,18,21)/t12-/m1/s1. The van der Waals surface area contributed by atoms with Gasteiger partial charge in [0.1, 0.15) is 6.29 Å². The lowest BCUT2D eigenvalue weighted by molar-refractivity contribution is -0.386. The third kappa shape index (κ3) is 4.39. The number of nitro benzene ring substituents is 1. The van der Waals surface area contributed by atoms with Crippen LogP contribution in [-0.2, 0) is 11.3 Å². The second-order valence-corrected chi connectivity index (χ2v) is 5.07. The molecule has 1 atom stereocenters. The van der Waals surface area contributed by atoms with Crippen molar-refractivity contribution < 1.29 is 19.2 Å². The molecule has 124 valence electrons.